The number of hydrogen-bond donors (Lipinski definition) is 1. The second kappa shape index (κ2) is 6.18. The Labute approximate surface area is 112 Å². The zero-order valence-corrected chi connectivity index (χ0v) is 11.5. The molecule has 0 aliphatic carbocycles. The Morgan fingerprint density at radius 1 is 1.29 bits per heavy atom. The van der Waals surface area contributed by atoms with Crippen LogP contribution in [0.25, 0.3) is 0 Å². The van der Waals surface area contributed by atoms with Gasteiger partial charge in [-0.2, -0.15) is 4.98 Å². The van der Waals surface area contributed by atoms with Crippen LogP contribution in [-0.2, 0) is 12.2 Å². The first kappa shape index (κ1) is 12.6. The molecular formula is C11H12BrN3OS. The molecular weight excluding hydrogens is 302 g/mol. The Balaban J connectivity index is 1.90. The fourth-order valence-electron chi connectivity index (χ4n) is 1.25. The van der Waals surface area contributed by atoms with E-state index in [-0.39, 0.29) is 0 Å². The molecule has 0 radical (unpaired) electrons. The van der Waals surface area contributed by atoms with Crippen LogP contribution in [0.3, 0.4) is 0 Å². The van der Waals surface area contributed by atoms with Gasteiger partial charge in [-0.1, -0.05) is 21.1 Å². The van der Waals surface area contributed by atoms with E-state index in [2.05, 4.69) is 38.2 Å². The van der Waals surface area contributed by atoms with Gasteiger partial charge in [-0.25, -0.2) is 0 Å². The van der Waals surface area contributed by atoms with E-state index < -0.39 is 0 Å². The van der Waals surface area contributed by atoms with Crippen molar-refractivity contribution in [2.24, 2.45) is 5.73 Å². The van der Waals surface area contributed by atoms with E-state index >= 15 is 0 Å². The summed E-state index contributed by atoms with van der Waals surface area (Å²) in [4.78, 5) is 5.42. The average Bonchev–Trinajstić information content (AvgIpc) is 2.77. The topological polar surface area (TPSA) is 64.9 Å². The molecule has 0 aliphatic heterocycles. The van der Waals surface area contributed by atoms with E-state index in [1.165, 1.54) is 4.90 Å². The predicted octanol–water partition coefficient (Wildman–Crippen LogP) is 2.63. The third-order valence-electron chi connectivity index (χ3n) is 2.05. The lowest BCUT2D eigenvalue weighted by atomic mass is 10.4. The minimum Gasteiger partial charge on any atom is -0.339 e. The van der Waals surface area contributed by atoms with Crippen molar-refractivity contribution in [3.8, 4) is 0 Å². The predicted molar refractivity (Wildman–Crippen MR) is 70.8 cm³/mol. The van der Waals surface area contributed by atoms with E-state index in [1.807, 2.05) is 12.1 Å². The maximum atomic E-state index is 5.41. The lowest BCUT2D eigenvalue weighted by Crippen LogP contribution is -2.02. The highest BCUT2D eigenvalue weighted by molar-refractivity contribution is 9.10. The first-order valence-corrected chi connectivity index (χ1v) is 6.95. The van der Waals surface area contributed by atoms with Crippen molar-refractivity contribution in [3.05, 3.63) is 40.5 Å². The van der Waals surface area contributed by atoms with Gasteiger partial charge in [0.1, 0.15) is 0 Å². The van der Waals surface area contributed by atoms with Gasteiger partial charge in [-0.3, -0.25) is 0 Å². The van der Waals surface area contributed by atoms with Gasteiger partial charge >= 0.3 is 0 Å². The number of aromatic nitrogens is 2. The third-order valence-corrected chi connectivity index (χ3v) is 3.59. The summed E-state index contributed by atoms with van der Waals surface area (Å²) >= 11 is 5.08. The molecule has 2 aromatic rings. The van der Waals surface area contributed by atoms with Crippen LogP contribution in [0, 0.1) is 0 Å². The third kappa shape index (κ3) is 3.83. The molecule has 6 heteroatoms. The fraction of sp³-hybridized carbons (Fsp3) is 0.273. The molecule has 0 amide bonds. The molecule has 0 bridgehead atoms. The van der Waals surface area contributed by atoms with Crippen molar-refractivity contribution in [1.82, 2.24) is 10.1 Å². The summed E-state index contributed by atoms with van der Waals surface area (Å²) in [5, 5.41) is 3.90. The Hall–Kier alpha value is -0.850. The van der Waals surface area contributed by atoms with Gasteiger partial charge in [0.25, 0.3) is 0 Å². The Kier molecular flexibility index (Phi) is 4.58. The van der Waals surface area contributed by atoms with Gasteiger partial charge in [-0.15, -0.1) is 11.8 Å². The molecule has 1 heterocycles. The number of halogens is 1. The van der Waals surface area contributed by atoms with Gasteiger partial charge in [0.15, 0.2) is 5.82 Å². The van der Waals surface area contributed by atoms with E-state index in [4.69, 9.17) is 10.3 Å². The van der Waals surface area contributed by atoms with Gasteiger partial charge in [-0.05, 0) is 24.3 Å². The van der Waals surface area contributed by atoms with Crippen LogP contribution in [0.2, 0.25) is 0 Å². The molecule has 4 nitrogen and oxygen atoms in total. The lowest BCUT2D eigenvalue weighted by molar-refractivity contribution is 0.376. The summed E-state index contributed by atoms with van der Waals surface area (Å²) < 4.78 is 6.13. The number of hydrogen-bond acceptors (Lipinski definition) is 5. The zero-order valence-electron chi connectivity index (χ0n) is 9.10. The van der Waals surface area contributed by atoms with Gasteiger partial charge in [0.2, 0.25) is 5.89 Å². The second-order valence-corrected chi connectivity index (χ2v) is 5.35. The number of nitrogens with zero attached hydrogens (tertiary/aromatic N) is 2. The average molecular weight is 314 g/mol. The smallest absolute Gasteiger partial charge is 0.227 e. The molecule has 1 aromatic carbocycles. The largest absolute Gasteiger partial charge is 0.339 e. The molecule has 1 aromatic heterocycles. The molecule has 2 N–H and O–H groups in total. The highest BCUT2D eigenvalue weighted by Gasteiger charge is 2.05. The monoisotopic (exact) mass is 313 g/mol. The van der Waals surface area contributed by atoms with Gasteiger partial charge in [0.05, 0.1) is 5.75 Å². The van der Waals surface area contributed by atoms with Crippen LogP contribution >= 0.6 is 27.7 Å². The van der Waals surface area contributed by atoms with Crippen LogP contribution in [0.5, 0.6) is 0 Å². The Morgan fingerprint density at radius 3 is 2.76 bits per heavy atom. The Bertz CT molecular complexity index is 472. The molecule has 0 fully saturated rings. The zero-order chi connectivity index (χ0) is 12.1. The van der Waals surface area contributed by atoms with Crippen LogP contribution in [0.1, 0.15) is 11.7 Å². The van der Waals surface area contributed by atoms with E-state index in [9.17, 15) is 0 Å². The summed E-state index contributed by atoms with van der Waals surface area (Å²) in [5.74, 6) is 2.02. The highest BCUT2D eigenvalue weighted by atomic mass is 79.9. The van der Waals surface area contributed by atoms with E-state index in [0.29, 0.717) is 30.4 Å². The van der Waals surface area contributed by atoms with Gasteiger partial charge in [0, 0.05) is 22.3 Å². The summed E-state index contributed by atoms with van der Waals surface area (Å²) in [6, 6.07) is 8.13. The summed E-state index contributed by atoms with van der Waals surface area (Å²) in [6.07, 6.45) is 0.635. The van der Waals surface area contributed by atoms with Crippen molar-refractivity contribution < 1.29 is 4.52 Å². The maximum Gasteiger partial charge on any atom is 0.227 e. The Morgan fingerprint density at radius 2 is 2.06 bits per heavy atom. The second-order valence-electron chi connectivity index (χ2n) is 3.39. The molecule has 0 spiro atoms. The van der Waals surface area contributed by atoms with Crippen LogP contribution in [0.4, 0.5) is 0 Å². The SMILES string of the molecule is NCCc1nc(CSc2ccc(Br)cc2)no1. The maximum absolute atomic E-state index is 5.41. The van der Waals surface area contributed by atoms with Crippen LogP contribution in [-0.4, -0.2) is 16.7 Å². The van der Waals surface area contributed by atoms with Crippen molar-refractivity contribution >= 4 is 27.7 Å². The van der Waals surface area contributed by atoms with Crippen molar-refractivity contribution in [1.29, 1.82) is 0 Å². The standard InChI is InChI=1S/C11H12BrN3OS/c12-8-1-3-9(4-2-8)17-7-10-14-11(5-6-13)16-15-10/h1-4H,5-7,13H2. The van der Waals surface area contributed by atoms with E-state index in [0.717, 1.165) is 4.47 Å². The highest BCUT2D eigenvalue weighted by Crippen LogP contribution is 2.23. The number of thioether (sulfide) groups is 1. The number of rotatable bonds is 5. The van der Waals surface area contributed by atoms with E-state index in [1.54, 1.807) is 11.8 Å². The molecule has 90 valence electrons. The minimum absolute atomic E-state index is 0.529. The fourth-order valence-corrected chi connectivity index (χ4v) is 2.26. The summed E-state index contributed by atoms with van der Waals surface area (Å²) in [5.41, 5.74) is 5.41. The first-order valence-electron chi connectivity index (χ1n) is 5.18. The van der Waals surface area contributed by atoms with Crippen LogP contribution < -0.4 is 5.73 Å². The molecule has 17 heavy (non-hydrogen) atoms. The van der Waals surface area contributed by atoms with Crippen LogP contribution in [0.15, 0.2) is 38.2 Å². The quantitative estimate of drug-likeness (QED) is 0.860. The molecule has 0 saturated carbocycles. The van der Waals surface area contributed by atoms with Gasteiger partial charge < -0.3 is 10.3 Å². The van der Waals surface area contributed by atoms with Crippen molar-refractivity contribution in [2.45, 2.75) is 17.1 Å². The molecule has 0 atom stereocenters. The lowest BCUT2D eigenvalue weighted by Gasteiger charge is -1.97. The molecule has 0 aliphatic rings. The first-order chi connectivity index (χ1) is 8.28. The molecule has 0 unspecified atom stereocenters. The van der Waals surface area contributed by atoms with Crippen molar-refractivity contribution in [2.75, 3.05) is 6.54 Å². The van der Waals surface area contributed by atoms with Crippen molar-refractivity contribution in [3.63, 3.8) is 0 Å². The minimum atomic E-state index is 0.529. The molecule has 2 rings (SSSR count). The summed E-state index contributed by atoms with van der Waals surface area (Å²) in [6.45, 7) is 0.529. The normalized spacial score (nSPS) is 10.7. The number of benzene rings is 1. The number of nitrogens with two attached hydrogens (primary N) is 1. The summed E-state index contributed by atoms with van der Waals surface area (Å²) in [7, 11) is 0. The molecule has 0 saturated heterocycles.